The molecule has 1 aromatic carbocycles. The molecule has 0 bridgehead atoms. The highest BCUT2D eigenvalue weighted by atomic mass is 16.5. The van der Waals surface area contributed by atoms with Crippen LogP contribution in [0.25, 0.3) is 0 Å². The third-order valence-electron chi connectivity index (χ3n) is 5.99. The van der Waals surface area contributed by atoms with Gasteiger partial charge in [-0.2, -0.15) is 0 Å². The first kappa shape index (κ1) is 18.4. The lowest BCUT2D eigenvalue weighted by Crippen LogP contribution is -2.49. The van der Waals surface area contributed by atoms with Gasteiger partial charge >= 0.3 is 0 Å². The highest BCUT2D eigenvalue weighted by Crippen LogP contribution is 2.28. The molecule has 1 N–H and O–H groups in total. The number of nitrogens with one attached hydrogen (secondary N) is 1. The van der Waals surface area contributed by atoms with Crippen LogP contribution in [0.2, 0.25) is 0 Å². The Bertz CT molecular complexity index is 687. The maximum absolute atomic E-state index is 12.8. The van der Waals surface area contributed by atoms with Gasteiger partial charge in [0, 0.05) is 38.0 Å². The molecule has 3 aliphatic rings. The van der Waals surface area contributed by atoms with Gasteiger partial charge in [-0.1, -0.05) is 18.2 Å². The Morgan fingerprint density at radius 2 is 1.93 bits per heavy atom. The summed E-state index contributed by atoms with van der Waals surface area (Å²) < 4.78 is 5.36. The number of amides is 2. The number of fused-ring (bicyclic) bond motifs is 1. The molecule has 0 spiro atoms. The summed E-state index contributed by atoms with van der Waals surface area (Å²) in [5.41, 5.74) is 2.30. The lowest BCUT2D eigenvalue weighted by molar-refractivity contribution is -0.129. The summed E-state index contributed by atoms with van der Waals surface area (Å²) in [6.07, 6.45) is 4.60. The summed E-state index contributed by atoms with van der Waals surface area (Å²) in [6, 6.07) is 8.38. The molecular formula is C21H29N3O3. The van der Waals surface area contributed by atoms with Crippen LogP contribution < -0.4 is 10.2 Å². The van der Waals surface area contributed by atoms with Crippen LogP contribution in [0.3, 0.4) is 0 Å². The van der Waals surface area contributed by atoms with Crippen LogP contribution in [-0.2, 0) is 20.7 Å². The summed E-state index contributed by atoms with van der Waals surface area (Å²) in [5, 5.41) is 3.19. The van der Waals surface area contributed by atoms with Crippen molar-refractivity contribution in [3.8, 4) is 0 Å². The van der Waals surface area contributed by atoms with Crippen molar-refractivity contribution >= 4 is 17.5 Å². The van der Waals surface area contributed by atoms with E-state index in [0.717, 1.165) is 64.1 Å². The van der Waals surface area contributed by atoms with Crippen LogP contribution in [0.5, 0.6) is 0 Å². The molecule has 27 heavy (non-hydrogen) atoms. The van der Waals surface area contributed by atoms with Crippen molar-refractivity contribution < 1.29 is 14.3 Å². The molecule has 0 aliphatic carbocycles. The average Bonchev–Trinajstić information content (AvgIpc) is 3.13. The molecule has 0 saturated carbocycles. The van der Waals surface area contributed by atoms with Gasteiger partial charge in [0.05, 0.1) is 12.5 Å². The van der Waals surface area contributed by atoms with Crippen molar-refractivity contribution in [2.45, 2.75) is 38.1 Å². The van der Waals surface area contributed by atoms with Crippen LogP contribution in [-0.4, -0.2) is 62.1 Å². The number of nitrogens with zero attached hydrogens (tertiary/aromatic N) is 2. The quantitative estimate of drug-likeness (QED) is 0.873. The second kappa shape index (κ2) is 8.40. The molecule has 4 rings (SSSR count). The summed E-state index contributed by atoms with van der Waals surface area (Å²) >= 11 is 0. The summed E-state index contributed by atoms with van der Waals surface area (Å²) in [4.78, 5) is 29.5. The fourth-order valence-electron chi connectivity index (χ4n) is 4.45. The van der Waals surface area contributed by atoms with E-state index in [9.17, 15) is 9.59 Å². The van der Waals surface area contributed by atoms with E-state index >= 15 is 0 Å². The Balaban J connectivity index is 1.30. The first-order chi connectivity index (χ1) is 13.2. The van der Waals surface area contributed by atoms with Crippen LogP contribution in [0.15, 0.2) is 24.3 Å². The molecular weight excluding hydrogens is 342 g/mol. The largest absolute Gasteiger partial charge is 0.381 e. The maximum Gasteiger partial charge on any atom is 0.241 e. The number of anilines is 1. The minimum absolute atomic E-state index is 0.0136. The predicted molar refractivity (Wildman–Crippen MR) is 104 cm³/mol. The van der Waals surface area contributed by atoms with Gasteiger partial charge in [0.25, 0.3) is 0 Å². The van der Waals surface area contributed by atoms with Crippen LogP contribution >= 0.6 is 0 Å². The van der Waals surface area contributed by atoms with Crippen molar-refractivity contribution in [2.75, 3.05) is 44.3 Å². The molecule has 146 valence electrons. The van der Waals surface area contributed by atoms with Crippen molar-refractivity contribution in [3.63, 3.8) is 0 Å². The molecule has 3 heterocycles. The Morgan fingerprint density at radius 1 is 1.11 bits per heavy atom. The Kier molecular flexibility index (Phi) is 5.74. The molecule has 3 aliphatic heterocycles. The second-order valence-corrected chi connectivity index (χ2v) is 7.89. The summed E-state index contributed by atoms with van der Waals surface area (Å²) in [6.45, 7) is 4.19. The molecule has 0 aromatic heterocycles. The fourth-order valence-corrected chi connectivity index (χ4v) is 4.45. The van der Waals surface area contributed by atoms with Gasteiger partial charge in [-0.3, -0.25) is 14.5 Å². The first-order valence-corrected chi connectivity index (χ1v) is 10.2. The lowest BCUT2D eigenvalue weighted by Gasteiger charge is -2.33. The summed E-state index contributed by atoms with van der Waals surface area (Å²) in [7, 11) is 0. The van der Waals surface area contributed by atoms with Crippen molar-refractivity contribution in [1.82, 2.24) is 10.2 Å². The van der Waals surface area contributed by atoms with Gasteiger partial charge < -0.3 is 15.0 Å². The number of hydrogen-bond donors (Lipinski definition) is 1. The Morgan fingerprint density at radius 3 is 2.78 bits per heavy atom. The minimum Gasteiger partial charge on any atom is -0.381 e. The molecule has 1 aromatic rings. The average molecular weight is 371 g/mol. The molecule has 2 fully saturated rings. The molecule has 6 heteroatoms. The number of ether oxygens (including phenoxy) is 1. The highest BCUT2D eigenvalue weighted by Gasteiger charge is 2.31. The smallest absolute Gasteiger partial charge is 0.241 e. The van der Waals surface area contributed by atoms with E-state index in [1.54, 1.807) is 0 Å². The second-order valence-electron chi connectivity index (χ2n) is 7.89. The molecule has 0 radical (unpaired) electrons. The SMILES string of the molecule is O=C(NC1CCOCC1)C1CCCN(CC(=O)N2CCc3ccccc32)C1. The Hall–Kier alpha value is -1.92. The zero-order chi connectivity index (χ0) is 18.6. The normalized spacial score (nSPS) is 23.9. The van der Waals surface area contributed by atoms with E-state index in [1.807, 2.05) is 23.1 Å². The van der Waals surface area contributed by atoms with E-state index < -0.39 is 0 Å². The van der Waals surface area contributed by atoms with E-state index in [1.165, 1.54) is 5.56 Å². The van der Waals surface area contributed by atoms with Crippen molar-refractivity contribution in [2.24, 2.45) is 5.92 Å². The van der Waals surface area contributed by atoms with Crippen LogP contribution in [0.1, 0.15) is 31.2 Å². The van der Waals surface area contributed by atoms with E-state index in [-0.39, 0.29) is 23.8 Å². The topological polar surface area (TPSA) is 61.9 Å². The van der Waals surface area contributed by atoms with Gasteiger partial charge in [-0.15, -0.1) is 0 Å². The van der Waals surface area contributed by atoms with Crippen molar-refractivity contribution in [3.05, 3.63) is 29.8 Å². The van der Waals surface area contributed by atoms with E-state index in [2.05, 4.69) is 16.3 Å². The zero-order valence-electron chi connectivity index (χ0n) is 15.9. The maximum atomic E-state index is 12.8. The number of likely N-dealkylation sites (tertiary alicyclic amines) is 1. The van der Waals surface area contributed by atoms with Crippen LogP contribution in [0, 0.1) is 5.92 Å². The van der Waals surface area contributed by atoms with E-state index in [4.69, 9.17) is 4.74 Å². The number of benzene rings is 1. The van der Waals surface area contributed by atoms with Gasteiger partial charge in [0.2, 0.25) is 11.8 Å². The number of hydrogen-bond acceptors (Lipinski definition) is 4. The number of carbonyl (C=O) groups is 2. The van der Waals surface area contributed by atoms with Gasteiger partial charge in [0.15, 0.2) is 0 Å². The highest BCUT2D eigenvalue weighted by molar-refractivity contribution is 5.96. The van der Waals surface area contributed by atoms with E-state index in [0.29, 0.717) is 13.1 Å². The number of piperidine rings is 1. The fraction of sp³-hybridized carbons (Fsp3) is 0.619. The number of para-hydroxylation sites is 1. The summed E-state index contributed by atoms with van der Waals surface area (Å²) in [5.74, 6) is 0.274. The Labute approximate surface area is 160 Å². The van der Waals surface area contributed by atoms with Gasteiger partial charge in [0.1, 0.15) is 0 Å². The first-order valence-electron chi connectivity index (χ1n) is 10.2. The molecule has 6 nitrogen and oxygen atoms in total. The standard InChI is InChI=1S/C21H29N3O3/c25-20(24-11-7-16-4-1-2-6-19(16)24)15-23-10-3-5-17(14-23)21(26)22-18-8-12-27-13-9-18/h1-2,4,6,17-18H,3,5,7-15H2,(H,22,26). The molecule has 2 saturated heterocycles. The van der Waals surface area contributed by atoms with Crippen LogP contribution in [0.4, 0.5) is 5.69 Å². The molecule has 1 unspecified atom stereocenters. The lowest BCUT2D eigenvalue weighted by atomic mass is 9.96. The predicted octanol–water partition coefficient (Wildman–Crippen LogP) is 1.58. The van der Waals surface area contributed by atoms with Gasteiger partial charge in [-0.05, 0) is 50.3 Å². The van der Waals surface area contributed by atoms with Crippen molar-refractivity contribution in [1.29, 1.82) is 0 Å². The minimum atomic E-state index is -0.0136. The van der Waals surface area contributed by atoms with Gasteiger partial charge in [-0.25, -0.2) is 0 Å². The third-order valence-corrected chi connectivity index (χ3v) is 5.99. The third kappa shape index (κ3) is 4.33. The molecule has 1 atom stereocenters. The monoisotopic (exact) mass is 371 g/mol. The number of carbonyl (C=O) groups excluding carboxylic acids is 2. The number of rotatable bonds is 4. The zero-order valence-corrected chi connectivity index (χ0v) is 15.9. The molecule has 2 amide bonds.